The maximum absolute atomic E-state index is 11.6. The molecule has 4 saturated carbocycles. The Morgan fingerprint density at radius 2 is 1.90 bits per heavy atom. The van der Waals surface area contributed by atoms with Gasteiger partial charge in [-0.05, 0) is 110 Å². The molecule has 226 valence electrons. The Morgan fingerprint density at radius 1 is 1.10 bits per heavy atom. The lowest BCUT2D eigenvalue weighted by atomic mass is 9.44. The summed E-state index contributed by atoms with van der Waals surface area (Å²) in [7, 11) is 0. The largest absolute Gasteiger partial charge is 0.466 e. The molecule has 1 aromatic heterocycles. The van der Waals surface area contributed by atoms with E-state index in [1.54, 1.807) is 6.33 Å². The molecule has 3 N–H and O–H groups in total. The van der Waals surface area contributed by atoms with Gasteiger partial charge in [-0.3, -0.25) is 4.79 Å². The van der Waals surface area contributed by atoms with Gasteiger partial charge in [-0.2, -0.15) is 0 Å². The standard InChI is InChI=1S/C34H57N3O3/c1-22(20-40-24(3)38)18-31(39)32(36-17-14-26-19-35-21-37-26)23(2)28-11-12-29-27-10-9-25-8-6-7-15-33(25,4)30(27)13-16-34(28,29)5/h19,21-23,25,27-32,36,39H,6-18,20H2,1-5H3,(H,35,37)/t22?,23-,25?,27-,28+,29-,30-,31?,32?,33-,34+/m0/s1. The Balaban J connectivity index is 1.29. The number of fused-ring (bicyclic) bond motifs is 5. The molecule has 4 unspecified atom stereocenters. The van der Waals surface area contributed by atoms with E-state index in [1.807, 2.05) is 6.20 Å². The van der Waals surface area contributed by atoms with Gasteiger partial charge in [0.25, 0.3) is 0 Å². The minimum atomic E-state index is -0.474. The fourth-order valence-electron chi connectivity index (χ4n) is 10.8. The number of aliphatic hydroxyl groups is 1. The number of hydrogen-bond donors (Lipinski definition) is 3. The van der Waals surface area contributed by atoms with Crippen LogP contribution in [-0.2, 0) is 16.0 Å². The van der Waals surface area contributed by atoms with Gasteiger partial charge < -0.3 is 20.1 Å². The first-order chi connectivity index (χ1) is 19.1. The Morgan fingerprint density at radius 3 is 2.65 bits per heavy atom. The topological polar surface area (TPSA) is 87.2 Å². The molecule has 40 heavy (non-hydrogen) atoms. The fourth-order valence-corrected chi connectivity index (χ4v) is 10.8. The van der Waals surface area contributed by atoms with Crippen molar-refractivity contribution in [3.63, 3.8) is 0 Å². The van der Waals surface area contributed by atoms with E-state index in [2.05, 4.69) is 43.0 Å². The van der Waals surface area contributed by atoms with E-state index in [-0.39, 0.29) is 17.9 Å². The quantitative estimate of drug-likeness (QED) is 0.270. The average molecular weight is 556 g/mol. The second kappa shape index (κ2) is 12.5. The molecule has 0 spiro atoms. The molecular formula is C34H57N3O3. The first-order valence-electron chi connectivity index (χ1n) is 16.7. The van der Waals surface area contributed by atoms with Crippen LogP contribution in [0.4, 0.5) is 0 Å². The summed E-state index contributed by atoms with van der Waals surface area (Å²) in [6.07, 6.45) is 18.8. The second-order valence-electron chi connectivity index (χ2n) is 15.0. The number of imidazole rings is 1. The third-order valence-corrected chi connectivity index (χ3v) is 12.8. The summed E-state index contributed by atoms with van der Waals surface area (Å²) >= 11 is 0. The molecule has 0 aromatic carbocycles. The van der Waals surface area contributed by atoms with E-state index in [1.165, 1.54) is 71.1 Å². The molecule has 0 aliphatic heterocycles. The Hall–Kier alpha value is -1.40. The highest BCUT2D eigenvalue weighted by Gasteiger charge is 2.60. The minimum Gasteiger partial charge on any atom is -0.466 e. The zero-order valence-corrected chi connectivity index (χ0v) is 26.0. The number of nitrogens with one attached hydrogen (secondary N) is 2. The first kappa shape index (κ1) is 30.1. The predicted octanol–water partition coefficient (Wildman–Crippen LogP) is 6.55. The molecule has 6 heteroatoms. The number of nitrogens with zero attached hydrogens (tertiary/aromatic N) is 1. The molecule has 4 aliphatic carbocycles. The fraction of sp³-hybridized carbons (Fsp3) is 0.882. The molecule has 0 radical (unpaired) electrons. The minimum absolute atomic E-state index is 0.0209. The van der Waals surface area contributed by atoms with Gasteiger partial charge in [-0.1, -0.05) is 40.5 Å². The monoisotopic (exact) mass is 555 g/mol. The summed E-state index contributed by atoms with van der Waals surface area (Å²) in [6, 6.07) is 0.0209. The van der Waals surface area contributed by atoms with Gasteiger partial charge in [0.05, 0.1) is 19.0 Å². The van der Waals surface area contributed by atoms with E-state index < -0.39 is 6.10 Å². The molecule has 0 saturated heterocycles. The maximum atomic E-state index is 11.6. The zero-order chi connectivity index (χ0) is 28.5. The van der Waals surface area contributed by atoms with Gasteiger partial charge in [0.2, 0.25) is 0 Å². The van der Waals surface area contributed by atoms with Crippen molar-refractivity contribution in [1.82, 2.24) is 15.3 Å². The number of esters is 1. The van der Waals surface area contributed by atoms with Crippen LogP contribution in [0, 0.1) is 52.3 Å². The normalized spacial score (nSPS) is 38.4. The lowest BCUT2D eigenvalue weighted by Crippen LogP contribution is -2.55. The van der Waals surface area contributed by atoms with Crippen LogP contribution in [0.2, 0.25) is 0 Å². The van der Waals surface area contributed by atoms with Gasteiger partial charge >= 0.3 is 5.97 Å². The van der Waals surface area contributed by atoms with Crippen molar-refractivity contribution in [3.05, 3.63) is 18.2 Å². The Bertz CT molecular complexity index is 968. The highest BCUT2D eigenvalue weighted by Crippen LogP contribution is 2.68. The van der Waals surface area contributed by atoms with Crippen LogP contribution in [-0.4, -0.2) is 46.3 Å². The van der Waals surface area contributed by atoms with Crippen LogP contribution in [0.15, 0.2) is 12.5 Å². The number of H-pyrrole nitrogens is 1. The molecule has 0 amide bonds. The number of aliphatic hydroxyl groups excluding tert-OH is 1. The summed E-state index contributed by atoms with van der Waals surface area (Å²) in [5.74, 6) is 4.51. The summed E-state index contributed by atoms with van der Waals surface area (Å²) in [5.41, 5.74) is 2.07. The highest BCUT2D eigenvalue weighted by atomic mass is 16.5. The number of aromatic amines is 1. The van der Waals surface area contributed by atoms with Gasteiger partial charge in [0.15, 0.2) is 0 Å². The lowest BCUT2D eigenvalue weighted by molar-refractivity contribution is -0.142. The van der Waals surface area contributed by atoms with E-state index in [4.69, 9.17) is 4.74 Å². The van der Waals surface area contributed by atoms with Crippen LogP contribution in [0.25, 0.3) is 0 Å². The van der Waals surface area contributed by atoms with Crippen LogP contribution in [0.1, 0.15) is 111 Å². The molecule has 5 rings (SSSR count). The van der Waals surface area contributed by atoms with Crippen LogP contribution >= 0.6 is 0 Å². The molecule has 4 aliphatic rings. The first-order valence-corrected chi connectivity index (χ1v) is 16.7. The Labute approximate surface area is 243 Å². The van der Waals surface area contributed by atoms with Gasteiger partial charge in [0, 0.05) is 37.8 Å². The van der Waals surface area contributed by atoms with Crippen molar-refractivity contribution in [1.29, 1.82) is 0 Å². The van der Waals surface area contributed by atoms with E-state index in [0.29, 0.717) is 35.7 Å². The molecule has 0 bridgehead atoms. The number of ether oxygens (including phenoxy) is 1. The molecular weight excluding hydrogens is 498 g/mol. The van der Waals surface area contributed by atoms with E-state index in [9.17, 15) is 9.90 Å². The van der Waals surface area contributed by atoms with Gasteiger partial charge in [0.1, 0.15) is 0 Å². The van der Waals surface area contributed by atoms with Crippen molar-refractivity contribution in [2.24, 2.45) is 52.3 Å². The van der Waals surface area contributed by atoms with E-state index >= 15 is 0 Å². The third kappa shape index (κ3) is 5.91. The molecule has 11 atom stereocenters. The summed E-state index contributed by atoms with van der Waals surface area (Å²) < 4.78 is 5.28. The summed E-state index contributed by atoms with van der Waals surface area (Å²) in [6.45, 7) is 12.4. The van der Waals surface area contributed by atoms with Crippen LogP contribution in [0.3, 0.4) is 0 Å². The van der Waals surface area contributed by atoms with Crippen molar-refractivity contribution in [2.45, 2.75) is 124 Å². The van der Waals surface area contributed by atoms with Gasteiger partial charge in [-0.15, -0.1) is 0 Å². The van der Waals surface area contributed by atoms with Crippen molar-refractivity contribution < 1.29 is 14.6 Å². The molecule has 6 nitrogen and oxygen atoms in total. The van der Waals surface area contributed by atoms with Crippen molar-refractivity contribution in [2.75, 3.05) is 13.2 Å². The number of carbonyl (C=O) groups excluding carboxylic acids is 1. The van der Waals surface area contributed by atoms with Crippen LogP contribution < -0.4 is 5.32 Å². The van der Waals surface area contributed by atoms with Crippen LogP contribution in [0.5, 0.6) is 0 Å². The van der Waals surface area contributed by atoms with Gasteiger partial charge in [-0.25, -0.2) is 4.98 Å². The number of aromatic nitrogens is 2. The highest BCUT2D eigenvalue weighted by molar-refractivity contribution is 5.65. The summed E-state index contributed by atoms with van der Waals surface area (Å²) in [5, 5.41) is 15.5. The summed E-state index contributed by atoms with van der Waals surface area (Å²) in [4.78, 5) is 18.8. The lowest BCUT2D eigenvalue weighted by Gasteiger charge is -2.61. The average Bonchev–Trinajstić information content (AvgIpc) is 3.56. The molecule has 1 heterocycles. The third-order valence-electron chi connectivity index (χ3n) is 12.8. The molecule has 1 aromatic rings. The number of hydrogen-bond acceptors (Lipinski definition) is 5. The second-order valence-corrected chi connectivity index (χ2v) is 15.0. The zero-order valence-electron chi connectivity index (χ0n) is 26.0. The maximum Gasteiger partial charge on any atom is 0.302 e. The Kier molecular flexibility index (Phi) is 9.36. The van der Waals surface area contributed by atoms with Crippen molar-refractivity contribution in [3.8, 4) is 0 Å². The number of rotatable bonds is 11. The molecule has 4 fully saturated rings. The predicted molar refractivity (Wildman–Crippen MR) is 160 cm³/mol. The number of carbonyl (C=O) groups is 1. The smallest absolute Gasteiger partial charge is 0.302 e. The van der Waals surface area contributed by atoms with Crippen molar-refractivity contribution >= 4 is 5.97 Å². The SMILES string of the molecule is CC(=O)OCC(C)CC(O)C(NCCc1cnc[nH]1)[C@@H](C)[C@H]1CC[C@H]2[C@@H]3CCC4CCCC[C@]4(C)[C@H]3CC[C@]12C. The van der Waals surface area contributed by atoms with E-state index in [0.717, 1.165) is 42.3 Å².